The van der Waals surface area contributed by atoms with Gasteiger partial charge in [0.1, 0.15) is 11.9 Å². The van der Waals surface area contributed by atoms with Crippen molar-refractivity contribution in [1.29, 1.82) is 0 Å². The average Bonchev–Trinajstić information content (AvgIpc) is 2.14. The minimum absolute atomic E-state index is 0.405. The molecule has 1 aromatic rings. The highest BCUT2D eigenvalue weighted by Crippen LogP contribution is 2.10. The second-order valence-corrected chi connectivity index (χ2v) is 2.79. The first kappa shape index (κ1) is 10.5. The van der Waals surface area contributed by atoms with Crippen LogP contribution in [-0.2, 0) is 4.79 Å². The lowest BCUT2D eigenvalue weighted by Gasteiger charge is -2.13. The second kappa shape index (κ2) is 4.57. The van der Waals surface area contributed by atoms with Crippen LogP contribution in [0.5, 0.6) is 0 Å². The van der Waals surface area contributed by atoms with Gasteiger partial charge in [-0.05, 0) is 18.2 Å². The molecule has 0 saturated heterocycles. The summed E-state index contributed by atoms with van der Waals surface area (Å²) in [6.45, 7) is -0.425. The van der Waals surface area contributed by atoms with Crippen LogP contribution in [0.3, 0.4) is 0 Å². The number of benzene rings is 1. The van der Waals surface area contributed by atoms with Crippen LogP contribution in [0.2, 0.25) is 0 Å². The molecular weight excluding hydrogens is 187 g/mol. The number of hydrogen-bond donors (Lipinski definition) is 3. The van der Waals surface area contributed by atoms with Crippen LogP contribution >= 0.6 is 0 Å². The minimum Gasteiger partial charge on any atom is -0.394 e. The van der Waals surface area contributed by atoms with Crippen LogP contribution in [0.15, 0.2) is 24.3 Å². The highest BCUT2D eigenvalue weighted by Gasteiger charge is 2.13. The van der Waals surface area contributed by atoms with Gasteiger partial charge >= 0.3 is 0 Å². The van der Waals surface area contributed by atoms with E-state index in [9.17, 15) is 9.18 Å². The summed E-state index contributed by atoms with van der Waals surface area (Å²) in [6.07, 6.45) is 0. The maximum Gasteiger partial charge on any atom is 0.242 e. The van der Waals surface area contributed by atoms with Gasteiger partial charge in [-0.2, -0.15) is 0 Å². The largest absolute Gasteiger partial charge is 0.394 e. The standard InChI is InChI=1S/C9H11FN2O2/c10-6-2-1-3-7(4-6)12-8(5-13)9(11)14/h1-4,8,12-13H,5H2,(H2,11,14). The molecule has 1 aromatic carbocycles. The predicted molar refractivity (Wildman–Crippen MR) is 50.1 cm³/mol. The van der Waals surface area contributed by atoms with Gasteiger partial charge < -0.3 is 16.2 Å². The fourth-order valence-electron chi connectivity index (χ4n) is 0.986. The molecule has 1 atom stereocenters. The molecule has 76 valence electrons. The molecule has 0 aliphatic heterocycles. The van der Waals surface area contributed by atoms with Crippen molar-refractivity contribution >= 4 is 11.6 Å². The Bertz CT molecular complexity index is 330. The minimum atomic E-state index is -0.892. The number of anilines is 1. The monoisotopic (exact) mass is 198 g/mol. The molecule has 0 spiro atoms. The topological polar surface area (TPSA) is 75.4 Å². The number of aliphatic hydroxyl groups is 1. The maximum atomic E-state index is 12.7. The smallest absolute Gasteiger partial charge is 0.242 e. The number of nitrogens with one attached hydrogen (secondary N) is 1. The zero-order valence-corrected chi connectivity index (χ0v) is 7.40. The number of rotatable bonds is 4. The Morgan fingerprint density at radius 1 is 1.64 bits per heavy atom. The number of primary amides is 1. The molecule has 1 amide bonds. The molecule has 0 bridgehead atoms. The Kier molecular flexibility index (Phi) is 3.41. The summed E-state index contributed by atoms with van der Waals surface area (Å²) in [7, 11) is 0. The number of halogens is 1. The summed E-state index contributed by atoms with van der Waals surface area (Å²) >= 11 is 0. The first-order valence-electron chi connectivity index (χ1n) is 4.05. The first-order valence-corrected chi connectivity index (χ1v) is 4.05. The zero-order valence-electron chi connectivity index (χ0n) is 7.40. The van der Waals surface area contributed by atoms with E-state index in [1.54, 1.807) is 6.07 Å². The Morgan fingerprint density at radius 3 is 2.86 bits per heavy atom. The quantitative estimate of drug-likeness (QED) is 0.641. The maximum absolute atomic E-state index is 12.7. The Balaban J connectivity index is 2.72. The third kappa shape index (κ3) is 2.70. The lowest BCUT2D eigenvalue weighted by molar-refractivity contribution is -0.119. The highest BCUT2D eigenvalue weighted by molar-refractivity contribution is 5.83. The number of amides is 1. The van der Waals surface area contributed by atoms with Crippen molar-refractivity contribution in [3.8, 4) is 0 Å². The summed E-state index contributed by atoms with van der Waals surface area (Å²) in [4.78, 5) is 10.7. The SMILES string of the molecule is NC(=O)C(CO)Nc1cccc(F)c1. The van der Waals surface area contributed by atoms with Crippen LogP contribution in [0.4, 0.5) is 10.1 Å². The summed E-state index contributed by atoms with van der Waals surface area (Å²) < 4.78 is 12.7. The number of carbonyl (C=O) groups excluding carboxylic acids is 1. The van der Waals surface area contributed by atoms with Crippen molar-refractivity contribution in [2.24, 2.45) is 5.73 Å². The second-order valence-electron chi connectivity index (χ2n) is 2.79. The number of aliphatic hydroxyl groups excluding tert-OH is 1. The predicted octanol–water partition coefficient (Wildman–Crippen LogP) is 0.0838. The molecule has 0 fully saturated rings. The Labute approximate surface area is 80.5 Å². The van der Waals surface area contributed by atoms with E-state index in [2.05, 4.69) is 5.32 Å². The number of carbonyl (C=O) groups is 1. The van der Waals surface area contributed by atoms with Gasteiger partial charge in [0.25, 0.3) is 0 Å². The van der Waals surface area contributed by atoms with E-state index in [4.69, 9.17) is 10.8 Å². The molecule has 0 aliphatic carbocycles. The molecule has 4 nitrogen and oxygen atoms in total. The van der Waals surface area contributed by atoms with Crippen molar-refractivity contribution in [2.45, 2.75) is 6.04 Å². The van der Waals surface area contributed by atoms with Crippen LogP contribution in [0.1, 0.15) is 0 Å². The van der Waals surface area contributed by atoms with Gasteiger partial charge in [-0.3, -0.25) is 4.79 Å². The molecular formula is C9H11FN2O2. The van der Waals surface area contributed by atoms with Crippen LogP contribution in [0.25, 0.3) is 0 Å². The van der Waals surface area contributed by atoms with E-state index in [0.717, 1.165) is 0 Å². The van der Waals surface area contributed by atoms with E-state index >= 15 is 0 Å². The lowest BCUT2D eigenvalue weighted by atomic mass is 10.2. The summed E-state index contributed by atoms with van der Waals surface area (Å²) in [5, 5.41) is 11.4. The fraction of sp³-hybridized carbons (Fsp3) is 0.222. The van der Waals surface area contributed by atoms with Crippen LogP contribution in [0, 0.1) is 5.82 Å². The van der Waals surface area contributed by atoms with E-state index in [-0.39, 0.29) is 0 Å². The first-order chi connectivity index (χ1) is 6.63. The summed E-state index contributed by atoms with van der Waals surface area (Å²) in [5.74, 6) is -1.10. The van der Waals surface area contributed by atoms with Gasteiger partial charge in [-0.1, -0.05) is 6.07 Å². The van der Waals surface area contributed by atoms with Gasteiger partial charge in [-0.15, -0.1) is 0 Å². The molecule has 0 heterocycles. The molecule has 1 rings (SSSR count). The van der Waals surface area contributed by atoms with Crippen molar-refractivity contribution in [1.82, 2.24) is 0 Å². The molecule has 0 aliphatic rings. The normalized spacial score (nSPS) is 12.1. The van der Waals surface area contributed by atoms with Crippen LogP contribution < -0.4 is 11.1 Å². The third-order valence-corrected chi connectivity index (χ3v) is 1.69. The van der Waals surface area contributed by atoms with Gasteiger partial charge in [0.2, 0.25) is 5.91 Å². The molecule has 14 heavy (non-hydrogen) atoms. The van der Waals surface area contributed by atoms with E-state index in [1.165, 1.54) is 18.2 Å². The van der Waals surface area contributed by atoms with Gasteiger partial charge in [-0.25, -0.2) is 4.39 Å². The number of hydrogen-bond acceptors (Lipinski definition) is 3. The molecule has 4 N–H and O–H groups in total. The van der Waals surface area contributed by atoms with Crippen molar-refractivity contribution < 1.29 is 14.3 Å². The van der Waals surface area contributed by atoms with E-state index in [1.807, 2.05) is 0 Å². The molecule has 1 unspecified atom stereocenters. The van der Waals surface area contributed by atoms with E-state index < -0.39 is 24.4 Å². The van der Waals surface area contributed by atoms with E-state index in [0.29, 0.717) is 5.69 Å². The van der Waals surface area contributed by atoms with Crippen molar-refractivity contribution in [3.05, 3.63) is 30.1 Å². The highest BCUT2D eigenvalue weighted by atomic mass is 19.1. The summed E-state index contributed by atoms with van der Waals surface area (Å²) in [5.41, 5.74) is 5.38. The zero-order chi connectivity index (χ0) is 10.6. The van der Waals surface area contributed by atoms with Crippen molar-refractivity contribution in [3.63, 3.8) is 0 Å². The number of nitrogens with two attached hydrogens (primary N) is 1. The molecule has 0 aromatic heterocycles. The van der Waals surface area contributed by atoms with Gasteiger partial charge in [0.15, 0.2) is 0 Å². The molecule has 5 heteroatoms. The third-order valence-electron chi connectivity index (χ3n) is 1.69. The van der Waals surface area contributed by atoms with Gasteiger partial charge in [0, 0.05) is 5.69 Å². The summed E-state index contributed by atoms with van der Waals surface area (Å²) in [6, 6.07) is 4.67. The van der Waals surface area contributed by atoms with Crippen LogP contribution in [-0.4, -0.2) is 23.7 Å². The Morgan fingerprint density at radius 2 is 2.36 bits per heavy atom. The average molecular weight is 198 g/mol. The van der Waals surface area contributed by atoms with Gasteiger partial charge in [0.05, 0.1) is 6.61 Å². The lowest BCUT2D eigenvalue weighted by Crippen LogP contribution is -2.38. The fourth-order valence-corrected chi connectivity index (χ4v) is 0.986. The molecule has 0 radical (unpaired) electrons. The van der Waals surface area contributed by atoms with Crippen molar-refractivity contribution in [2.75, 3.05) is 11.9 Å². The Hall–Kier alpha value is -1.62. The molecule has 0 saturated carbocycles.